The topological polar surface area (TPSA) is 0 Å². The maximum Gasteiger partial charge on any atom is -0.0194 e. The molecule has 28 aliphatic rings. The zero-order valence-electron chi connectivity index (χ0n) is 33.4. The standard InChI is InChI=1S/4C14H16/c4*1-2-6-3-5(1)9-10(6)12-7-4-8-13(11(7)9)14(8)12/h4*1-2,5-14H,3-4H2. The van der Waals surface area contributed by atoms with E-state index in [1.165, 1.54) is 189 Å². The molecule has 56 heavy (non-hydrogen) atoms. The second-order valence-corrected chi connectivity index (χ2v) is 27.9. The Morgan fingerprint density at radius 3 is 0.393 bits per heavy atom. The fourth-order valence-electron chi connectivity index (χ4n) is 29.4. The van der Waals surface area contributed by atoms with Crippen LogP contribution < -0.4 is 0 Å². The van der Waals surface area contributed by atoms with Gasteiger partial charge in [0.1, 0.15) is 0 Å². The summed E-state index contributed by atoms with van der Waals surface area (Å²) in [6, 6.07) is 0. The lowest BCUT2D eigenvalue weighted by molar-refractivity contribution is 0.196. The summed E-state index contributed by atoms with van der Waals surface area (Å²) in [5.74, 6) is 47.8. The highest BCUT2D eigenvalue weighted by Gasteiger charge is 2.85. The van der Waals surface area contributed by atoms with E-state index >= 15 is 0 Å². The van der Waals surface area contributed by atoms with Gasteiger partial charge in [0, 0.05) is 0 Å². The van der Waals surface area contributed by atoms with Crippen LogP contribution >= 0.6 is 0 Å². The van der Waals surface area contributed by atoms with Crippen LogP contribution in [-0.4, -0.2) is 0 Å². The second-order valence-electron chi connectivity index (χ2n) is 27.9. The molecule has 0 radical (unpaired) electrons. The molecule has 0 aromatic heterocycles. The summed E-state index contributed by atoms with van der Waals surface area (Å²) in [7, 11) is 0. The smallest absolute Gasteiger partial charge is 0.0194 e. The number of rotatable bonds is 0. The first-order valence-corrected chi connectivity index (χ1v) is 26.5. The van der Waals surface area contributed by atoms with Crippen LogP contribution in [-0.2, 0) is 0 Å². The Labute approximate surface area is 335 Å². The van der Waals surface area contributed by atoms with E-state index in [0.717, 1.165) is 47.3 Å². The van der Waals surface area contributed by atoms with Crippen LogP contribution in [0.3, 0.4) is 0 Å². The van der Waals surface area contributed by atoms with E-state index < -0.39 is 0 Å². The van der Waals surface area contributed by atoms with E-state index in [1.807, 2.05) is 0 Å². The number of hydrogen-bond donors (Lipinski definition) is 0. The van der Waals surface area contributed by atoms with Gasteiger partial charge in [0.05, 0.1) is 0 Å². The molecule has 24 fully saturated rings. The molecule has 0 spiro atoms. The average Bonchev–Trinajstić information content (AvgIpc) is 4.06. The van der Waals surface area contributed by atoms with E-state index in [0.29, 0.717) is 0 Å². The summed E-state index contributed by atoms with van der Waals surface area (Å²) >= 11 is 0. The van der Waals surface area contributed by atoms with Gasteiger partial charge in [-0.3, -0.25) is 0 Å². The molecular formula is C56H64. The number of allylic oxidation sites excluding steroid dienone is 8. The number of fused-ring (bicyclic) bond motifs is 20. The summed E-state index contributed by atoms with van der Waals surface area (Å²) in [6.07, 6.45) is 33.6. The SMILES string of the molecule is C1=CC2CC1C1C2C2C3CC4C(C31)C42.C1=CC2CC1C1C2C2C3CC4C(C31)C42.C1=CC2CC1C1C2C2C3CC4C(C31)C42.C1=CC2CC1C1C2C2C3CC4C(C31)C42. The molecule has 28 rings (SSSR count). The predicted octanol–water partition coefficient (Wildman–Crippen LogP) is 10.3. The summed E-state index contributed by atoms with van der Waals surface area (Å²) in [5, 5.41) is 0. The van der Waals surface area contributed by atoms with Crippen LogP contribution in [0, 0.1) is 237 Å². The third-order valence-corrected chi connectivity index (χ3v) is 28.7. The van der Waals surface area contributed by atoms with Crippen LogP contribution in [0.4, 0.5) is 0 Å². The van der Waals surface area contributed by atoms with Gasteiger partial charge in [0.2, 0.25) is 0 Å². The molecule has 0 aromatic rings. The minimum Gasteiger partial charge on any atom is -0.0848 e. The molecule has 0 aliphatic heterocycles. The van der Waals surface area contributed by atoms with Crippen molar-refractivity contribution in [3.63, 3.8) is 0 Å². The fraction of sp³-hybridized carbons (Fsp3) is 0.857. The van der Waals surface area contributed by atoms with Gasteiger partial charge in [-0.1, -0.05) is 48.6 Å². The normalized spacial score (nSPS) is 82.9. The first kappa shape index (κ1) is 28.5. The molecule has 28 aliphatic carbocycles. The molecule has 0 saturated heterocycles. The van der Waals surface area contributed by atoms with Gasteiger partial charge in [0.15, 0.2) is 0 Å². The molecule has 24 saturated carbocycles. The second kappa shape index (κ2) is 8.31. The van der Waals surface area contributed by atoms with Gasteiger partial charge in [-0.2, -0.15) is 0 Å². The van der Waals surface area contributed by atoms with Crippen molar-refractivity contribution in [1.29, 1.82) is 0 Å². The van der Waals surface area contributed by atoms with Crippen molar-refractivity contribution < 1.29 is 0 Å². The molecule has 32 bridgehead atoms. The largest absolute Gasteiger partial charge is 0.0848 e. The summed E-state index contributed by atoms with van der Waals surface area (Å²) < 4.78 is 0. The molecular weight excluding hydrogens is 673 g/mol. The van der Waals surface area contributed by atoms with Gasteiger partial charge in [-0.25, -0.2) is 0 Å². The third-order valence-electron chi connectivity index (χ3n) is 28.7. The van der Waals surface area contributed by atoms with E-state index in [2.05, 4.69) is 48.6 Å². The van der Waals surface area contributed by atoms with Crippen molar-refractivity contribution >= 4 is 0 Å². The van der Waals surface area contributed by atoms with Crippen molar-refractivity contribution in [2.45, 2.75) is 51.4 Å². The van der Waals surface area contributed by atoms with Crippen LogP contribution in [0.15, 0.2) is 48.6 Å². The molecule has 0 heterocycles. The minimum absolute atomic E-state index is 1.04. The minimum atomic E-state index is 1.04. The lowest BCUT2D eigenvalue weighted by atomic mass is 9.73. The van der Waals surface area contributed by atoms with E-state index in [4.69, 9.17) is 0 Å². The van der Waals surface area contributed by atoms with Crippen LogP contribution in [0.2, 0.25) is 0 Å². The Morgan fingerprint density at radius 2 is 0.268 bits per heavy atom. The first-order chi connectivity index (χ1) is 27.8. The highest BCUT2D eigenvalue weighted by Crippen LogP contribution is 2.90. The molecule has 0 nitrogen and oxygen atoms in total. The Kier molecular flexibility index (Phi) is 4.23. The van der Waals surface area contributed by atoms with Crippen molar-refractivity contribution in [1.82, 2.24) is 0 Å². The van der Waals surface area contributed by atoms with Gasteiger partial charge >= 0.3 is 0 Å². The van der Waals surface area contributed by atoms with Crippen LogP contribution in [0.5, 0.6) is 0 Å². The Bertz CT molecular complexity index is 1690. The van der Waals surface area contributed by atoms with Gasteiger partial charge in [-0.05, 0) is 288 Å². The van der Waals surface area contributed by atoms with Gasteiger partial charge in [-0.15, -0.1) is 0 Å². The van der Waals surface area contributed by atoms with Crippen LogP contribution in [0.1, 0.15) is 51.4 Å². The Morgan fingerprint density at radius 1 is 0.143 bits per heavy atom. The predicted molar refractivity (Wildman–Crippen MR) is 213 cm³/mol. The molecule has 0 aromatic carbocycles. The van der Waals surface area contributed by atoms with Gasteiger partial charge in [0.25, 0.3) is 0 Å². The fourth-order valence-corrected chi connectivity index (χ4v) is 29.4. The molecule has 0 N–H and O–H groups in total. The quantitative estimate of drug-likeness (QED) is 0.217. The van der Waals surface area contributed by atoms with Gasteiger partial charge < -0.3 is 0 Å². The summed E-state index contributed by atoms with van der Waals surface area (Å²) in [6.45, 7) is 0. The monoisotopic (exact) mass is 737 g/mol. The summed E-state index contributed by atoms with van der Waals surface area (Å²) in [4.78, 5) is 0. The van der Waals surface area contributed by atoms with Crippen molar-refractivity contribution in [3.8, 4) is 0 Å². The lowest BCUT2D eigenvalue weighted by Gasteiger charge is -2.31. The Hall–Kier alpha value is -1.04. The molecule has 0 amide bonds. The Balaban J connectivity index is 0.0000000625. The maximum atomic E-state index is 2.58. The summed E-state index contributed by atoms with van der Waals surface area (Å²) in [5.41, 5.74) is 0. The van der Waals surface area contributed by atoms with Crippen molar-refractivity contribution in [3.05, 3.63) is 48.6 Å². The first-order valence-electron chi connectivity index (χ1n) is 26.5. The zero-order chi connectivity index (χ0) is 34.4. The highest BCUT2D eigenvalue weighted by atomic mass is 14.9. The maximum absolute atomic E-state index is 2.58. The molecule has 0 unspecified atom stereocenters. The number of hydrogen-bond acceptors (Lipinski definition) is 0. The van der Waals surface area contributed by atoms with Crippen molar-refractivity contribution in [2.75, 3.05) is 0 Å². The van der Waals surface area contributed by atoms with Crippen molar-refractivity contribution in [2.24, 2.45) is 237 Å². The van der Waals surface area contributed by atoms with Crippen LogP contribution in [0.25, 0.3) is 0 Å². The molecule has 0 atom stereocenters. The molecule has 288 valence electrons. The van der Waals surface area contributed by atoms with E-state index in [1.54, 1.807) is 51.4 Å². The molecule has 0 heteroatoms. The van der Waals surface area contributed by atoms with E-state index in [9.17, 15) is 0 Å². The average molecular weight is 737 g/mol. The van der Waals surface area contributed by atoms with E-state index in [-0.39, 0.29) is 0 Å². The lowest BCUT2D eigenvalue weighted by Crippen LogP contribution is -2.27. The zero-order valence-corrected chi connectivity index (χ0v) is 33.4. The third kappa shape index (κ3) is 2.59. The highest BCUT2D eigenvalue weighted by molar-refractivity contribution is 5.37.